The van der Waals surface area contributed by atoms with Crippen LogP contribution >= 0.6 is 0 Å². The van der Waals surface area contributed by atoms with Gasteiger partial charge in [0.05, 0.1) is 5.39 Å². The number of fused-ring (bicyclic) bond motifs is 6. The number of H-pyrrole nitrogens is 1. The van der Waals surface area contributed by atoms with Crippen LogP contribution in [0.2, 0.25) is 0 Å². The number of nitrogens with one attached hydrogen (secondary N) is 1. The molecule has 28 heavy (non-hydrogen) atoms. The maximum absolute atomic E-state index is 13.9. The number of aromatic nitrogens is 2. The number of carbonyl (C=O) groups is 1. The van der Waals surface area contributed by atoms with Crippen molar-refractivity contribution in [2.45, 2.75) is 6.92 Å². The summed E-state index contributed by atoms with van der Waals surface area (Å²) in [7, 11) is 0. The first-order valence-electron chi connectivity index (χ1n) is 9.06. The van der Waals surface area contributed by atoms with Crippen LogP contribution < -0.4 is 10.5 Å². The number of halogens is 1. The van der Waals surface area contributed by atoms with Crippen molar-refractivity contribution in [3.63, 3.8) is 0 Å². The number of piperazine rings is 1. The fourth-order valence-electron chi connectivity index (χ4n) is 3.89. The summed E-state index contributed by atoms with van der Waals surface area (Å²) < 4.78 is 20.0. The maximum Gasteiger partial charge on any atom is 0.298 e. The van der Waals surface area contributed by atoms with Crippen LogP contribution in [-0.2, 0) is 4.79 Å². The van der Waals surface area contributed by atoms with Crippen LogP contribution in [0.25, 0.3) is 32.6 Å². The average molecular weight is 380 g/mol. The van der Waals surface area contributed by atoms with Crippen molar-refractivity contribution in [2.75, 3.05) is 31.1 Å². The molecule has 0 spiro atoms. The van der Waals surface area contributed by atoms with Gasteiger partial charge in [-0.1, -0.05) is 0 Å². The second-order valence-corrected chi connectivity index (χ2v) is 6.95. The predicted octanol–water partition coefficient (Wildman–Crippen LogP) is 2.63. The number of aromatic amines is 1. The molecule has 8 heteroatoms. The van der Waals surface area contributed by atoms with Gasteiger partial charge < -0.3 is 19.2 Å². The minimum absolute atomic E-state index is 0.0513. The lowest BCUT2D eigenvalue weighted by atomic mass is 10.0. The summed E-state index contributed by atoms with van der Waals surface area (Å²) in [5.74, 6) is -0.365. The summed E-state index contributed by atoms with van der Waals surface area (Å²) in [5, 5.41) is 2.15. The fourth-order valence-corrected chi connectivity index (χ4v) is 3.89. The van der Waals surface area contributed by atoms with Crippen LogP contribution in [-0.4, -0.2) is 47.0 Å². The van der Waals surface area contributed by atoms with Gasteiger partial charge in [-0.2, -0.15) is 4.98 Å². The van der Waals surface area contributed by atoms with E-state index in [4.69, 9.17) is 4.42 Å². The highest BCUT2D eigenvalue weighted by molar-refractivity contribution is 6.22. The van der Waals surface area contributed by atoms with Gasteiger partial charge in [-0.25, -0.2) is 4.39 Å². The molecule has 2 aromatic carbocycles. The molecule has 1 N–H and O–H groups in total. The Morgan fingerprint density at radius 3 is 2.68 bits per heavy atom. The zero-order valence-electron chi connectivity index (χ0n) is 15.2. The van der Waals surface area contributed by atoms with Gasteiger partial charge in [0.15, 0.2) is 5.58 Å². The van der Waals surface area contributed by atoms with Gasteiger partial charge in [0, 0.05) is 55.5 Å². The van der Waals surface area contributed by atoms with E-state index in [1.54, 1.807) is 30.2 Å². The molecule has 0 saturated carbocycles. The number of hydrogen-bond donors (Lipinski definition) is 1. The number of carbonyl (C=O) groups excluding carboxylic acids is 1. The lowest BCUT2D eigenvalue weighted by Crippen LogP contribution is -2.48. The molecule has 4 aromatic rings. The zero-order chi connectivity index (χ0) is 19.4. The highest BCUT2D eigenvalue weighted by Crippen LogP contribution is 2.35. The second kappa shape index (κ2) is 6.05. The summed E-state index contributed by atoms with van der Waals surface area (Å²) in [5.41, 5.74) is 0.796. The summed E-state index contributed by atoms with van der Waals surface area (Å²) in [6.07, 6.45) is 1.54. The molecule has 2 aromatic heterocycles. The van der Waals surface area contributed by atoms with Crippen molar-refractivity contribution >= 4 is 44.6 Å². The van der Waals surface area contributed by atoms with Crippen LogP contribution in [0, 0.1) is 5.82 Å². The van der Waals surface area contributed by atoms with E-state index in [9.17, 15) is 14.0 Å². The Balaban J connectivity index is 1.73. The Hall–Kier alpha value is -3.42. The van der Waals surface area contributed by atoms with Gasteiger partial charge >= 0.3 is 0 Å². The first-order valence-corrected chi connectivity index (χ1v) is 9.06. The first-order chi connectivity index (χ1) is 13.5. The molecule has 1 amide bonds. The number of hydrogen-bond acceptors (Lipinski definition) is 5. The Morgan fingerprint density at radius 2 is 1.93 bits per heavy atom. The van der Waals surface area contributed by atoms with Crippen LogP contribution in [0.3, 0.4) is 0 Å². The molecule has 7 nitrogen and oxygen atoms in total. The molecule has 1 fully saturated rings. The standard InChI is InChI=1S/C20H17FN4O3/c1-11(26)24-6-8-25(9-7-24)20-23-17-13-3-2-12(21)10-15(13)16-14(18(17)28-20)4-5-22-19(16)27/h2-5,10H,6-9H2,1H3,(H,22,27). The molecule has 5 rings (SSSR count). The normalized spacial score (nSPS) is 15.1. The van der Waals surface area contributed by atoms with Crippen molar-refractivity contribution in [3.05, 3.63) is 46.6 Å². The fraction of sp³-hybridized carbons (Fsp3) is 0.250. The Bertz CT molecular complexity index is 1300. The van der Waals surface area contributed by atoms with E-state index in [1.165, 1.54) is 12.1 Å². The Labute approximate surface area is 158 Å². The molecule has 0 atom stereocenters. The monoisotopic (exact) mass is 380 g/mol. The lowest BCUT2D eigenvalue weighted by Gasteiger charge is -2.33. The molecular weight excluding hydrogens is 363 g/mol. The number of benzene rings is 2. The summed E-state index contributed by atoms with van der Waals surface area (Å²) in [6.45, 7) is 3.97. The predicted molar refractivity (Wildman–Crippen MR) is 104 cm³/mol. The van der Waals surface area contributed by atoms with Crippen molar-refractivity contribution in [2.24, 2.45) is 0 Å². The van der Waals surface area contributed by atoms with Crippen LogP contribution in [0.15, 0.2) is 39.7 Å². The third-order valence-corrected chi connectivity index (χ3v) is 5.32. The molecule has 142 valence electrons. The highest BCUT2D eigenvalue weighted by atomic mass is 19.1. The van der Waals surface area contributed by atoms with E-state index in [-0.39, 0.29) is 11.5 Å². The van der Waals surface area contributed by atoms with E-state index in [0.29, 0.717) is 64.8 Å². The average Bonchev–Trinajstić information content (AvgIpc) is 3.13. The van der Waals surface area contributed by atoms with E-state index in [2.05, 4.69) is 9.97 Å². The number of rotatable bonds is 1. The topological polar surface area (TPSA) is 82.4 Å². The largest absolute Gasteiger partial charge is 0.423 e. The molecule has 0 aliphatic carbocycles. The molecule has 0 radical (unpaired) electrons. The van der Waals surface area contributed by atoms with Gasteiger partial charge in [-0.3, -0.25) is 9.59 Å². The SMILES string of the molecule is CC(=O)N1CCN(c2nc3c4ccc(F)cc4c4c(=O)[nH]ccc4c3o2)CC1. The zero-order valence-corrected chi connectivity index (χ0v) is 15.2. The molecular formula is C20H17FN4O3. The molecule has 0 unspecified atom stereocenters. The minimum atomic E-state index is -0.416. The Morgan fingerprint density at radius 1 is 1.14 bits per heavy atom. The van der Waals surface area contributed by atoms with Gasteiger partial charge in [-0.15, -0.1) is 0 Å². The van der Waals surface area contributed by atoms with E-state index >= 15 is 0 Å². The van der Waals surface area contributed by atoms with Crippen LogP contribution in [0.5, 0.6) is 0 Å². The highest BCUT2D eigenvalue weighted by Gasteiger charge is 2.24. The molecule has 3 heterocycles. The number of anilines is 1. The Kier molecular flexibility index (Phi) is 3.61. The molecule has 1 aliphatic heterocycles. The molecule has 0 bridgehead atoms. The summed E-state index contributed by atoms with van der Waals surface area (Å²) >= 11 is 0. The number of amides is 1. The molecule has 1 saturated heterocycles. The van der Waals surface area contributed by atoms with Crippen molar-refractivity contribution < 1.29 is 13.6 Å². The first kappa shape index (κ1) is 16.7. The van der Waals surface area contributed by atoms with Gasteiger partial charge in [0.25, 0.3) is 11.6 Å². The van der Waals surface area contributed by atoms with E-state index in [0.717, 1.165) is 0 Å². The summed E-state index contributed by atoms with van der Waals surface area (Å²) in [6, 6.07) is 6.51. The number of nitrogens with zero attached hydrogens (tertiary/aromatic N) is 3. The summed E-state index contributed by atoms with van der Waals surface area (Å²) in [4.78, 5) is 35.1. The van der Waals surface area contributed by atoms with Gasteiger partial charge in [-0.05, 0) is 24.3 Å². The third kappa shape index (κ3) is 2.45. The quantitative estimate of drug-likeness (QED) is 0.514. The minimum Gasteiger partial charge on any atom is -0.423 e. The van der Waals surface area contributed by atoms with Crippen molar-refractivity contribution in [1.29, 1.82) is 0 Å². The smallest absolute Gasteiger partial charge is 0.298 e. The van der Waals surface area contributed by atoms with E-state index in [1.807, 2.05) is 4.90 Å². The van der Waals surface area contributed by atoms with Crippen LogP contribution in [0.1, 0.15) is 6.92 Å². The number of pyridine rings is 1. The van der Waals surface area contributed by atoms with Gasteiger partial charge in [0.2, 0.25) is 5.91 Å². The van der Waals surface area contributed by atoms with E-state index < -0.39 is 5.82 Å². The second-order valence-electron chi connectivity index (χ2n) is 6.95. The van der Waals surface area contributed by atoms with Gasteiger partial charge in [0.1, 0.15) is 11.3 Å². The maximum atomic E-state index is 13.9. The van der Waals surface area contributed by atoms with Crippen LogP contribution in [0.4, 0.5) is 10.4 Å². The lowest BCUT2D eigenvalue weighted by molar-refractivity contribution is -0.129. The molecule has 1 aliphatic rings. The third-order valence-electron chi connectivity index (χ3n) is 5.32. The number of oxazole rings is 1. The van der Waals surface area contributed by atoms with Crippen molar-refractivity contribution in [3.8, 4) is 0 Å². The van der Waals surface area contributed by atoms with Crippen molar-refractivity contribution in [1.82, 2.24) is 14.9 Å².